The summed E-state index contributed by atoms with van der Waals surface area (Å²) in [7, 11) is 1.59. The average Bonchev–Trinajstić information content (AvgIpc) is 2.43. The predicted octanol–water partition coefficient (Wildman–Crippen LogP) is 4.91. The van der Waals surface area contributed by atoms with Crippen molar-refractivity contribution in [2.45, 2.75) is 13.0 Å². The number of hydrogen-bond donors (Lipinski definition) is 1. The van der Waals surface area contributed by atoms with Gasteiger partial charge in [-0.15, -0.1) is 0 Å². The van der Waals surface area contributed by atoms with Crippen LogP contribution in [0.5, 0.6) is 5.75 Å². The van der Waals surface area contributed by atoms with Gasteiger partial charge in [0.2, 0.25) is 0 Å². The Kier molecular flexibility index (Phi) is 4.60. The highest BCUT2D eigenvalue weighted by molar-refractivity contribution is 9.10. The molecule has 0 heterocycles. The van der Waals surface area contributed by atoms with Gasteiger partial charge in [-0.2, -0.15) is 0 Å². The fourth-order valence-electron chi connectivity index (χ4n) is 1.88. The van der Waals surface area contributed by atoms with Gasteiger partial charge in [-0.1, -0.05) is 12.1 Å². The predicted molar refractivity (Wildman–Crippen MR) is 79.1 cm³/mol. The Labute approximate surface area is 124 Å². The van der Waals surface area contributed by atoms with Crippen molar-refractivity contribution in [2.24, 2.45) is 0 Å². The summed E-state index contributed by atoms with van der Waals surface area (Å²) in [5, 5.41) is 2.96. The van der Waals surface area contributed by atoms with Crippen LogP contribution >= 0.6 is 15.9 Å². The summed E-state index contributed by atoms with van der Waals surface area (Å²) in [5.41, 5.74) is 1.07. The third kappa shape index (κ3) is 3.10. The smallest absolute Gasteiger partial charge is 0.181 e. The molecule has 0 saturated heterocycles. The van der Waals surface area contributed by atoms with Crippen LogP contribution in [0.2, 0.25) is 0 Å². The van der Waals surface area contributed by atoms with E-state index in [0.29, 0.717) is 0 Å². The molecule has 0 saturated carbocycles. The van der Waals surface area contributed by atoms with Crippen LogP contribution in [-0.2, 0) is 0 Å². The SMILES string of the molecule is COc1ccc(C(C)Nc2cccc(F)c2F)cc1Br. The number of hydrogen-bond acceptors (Lipinski definition) is 2. The Hall–Kier alpha value is -1.62. The largest absolute Gasteiger partial charge is 0.496 e. The van der Waals surface area contributed by atoms with Crippen LogP contribution in [0.4, 0.5) is 14.5 Å². The van der Waals surface area contributed by atoms with Crippen molar-refractivity contribution < 1.29 is 13.5 Å². The first-order valence-corrected chi connectivity index (χ1v) is 6.86. The molecule has 0 aliphatic rings. The lowest BCUT2D eigenvalue weighted by Crippen LogP contribution is -2.08. The number of ether oxygens (including phenoxy) is 1. The van der Waals surface area contributed by atoms with E-state index in [0.717, 1.165) is 21.9 Å². The van der Waals surface area contributed by atoms with Gasteiger partial charge >= 0.3 is 0 Å². The minimum absolute atomic E-state index is 0.143. The maximum atomic E-state index is 13.6. The summed E-state index contributed by atoms with van der Waals surface area (Å²) in [6.45, 7) is 1.87. The minimum atomic E-state index is -0.869. The Morgan fingerprint density at radius 3 is 2.60 bits per heavy atom. The summed E-state index contributed by atoms with van der Waals surface area (Å²) in [6, 6.07) is 9.47. The maximum Gasteiger partial charge on any atom is 0.181 e. The van der Waals surface area contributed by atoms with Crippen LogP contribution in [0, 0.1) is 11.6 Å². The lowest BCUT2D eigenvalue weighted by Gasteiger charge is -2.17. The maximum absolute atomic E-state index is 13.6. The van der Waals surface area contributed by atoms with E-state index in [9.17, 15) is 8.78 Å². The van der Waals surface area contributed by atoms with E-state index >= 15 is 0 Å². The number of benzene rings is 2. The van der Waals surface area contributed by atoms with Crippen LogP contribution in [0.15, 0.2) is 40.9 Å². The van der Waals surface area contributed by atoms with Crippen molar-refractivity contribution in [1.29, 1.82) is 0 Å². The van der Waals surface area contributed by atoms with Gasteiger partial charge in [0.1, 0.15) is 5.75 Å². The van der Waals surface area contributed by atoms with E-state index in [2.05, 4.69) is 21.2 Å². The second kappa shape index (κ2) is 6.22. The molecule has 1 unspecified atom stereocenters. The van der Waals surface area contributed by atoms with E-state index in [1.807, 2.05) is 25.1 Å². The number of anilines is 1. The first-order valence-electron chi connectivity index (χ1n) is 6.07. The lowest BCUT2D eigenvalue weighted by atomic mass is 10.1. The summed E-state index contributed by atoms with van der Waals surface area (Å²) < 4.78 is 32.7. The van der Waals surface area contributed by atoms with E-state index in [1.165, 1.54) is 12.1 Å². The first-order chi connectivity index (χ1) is 9.52. The summed E-state index contributed by atoms with van der Waals surface area (Å²) in [4.78, 5) is 0. The van der Waals surface area contributed by atoms with Crippen LogP contribution in [0.1, 0.15) is 18.5 Å². The highest BCUT2D eigenvalue weighted by Gasteiger charge is 2.12. The van der Waals surface area contributed by atoms with Gasteiger partial charge in [0, 0.05) is 6.04 Å². The van der Waals surface area contributed by atoms with Gasteiger partial charge < -0.3 is 10.1 Å². The zero-order chi connectivity index (χ0) is 14.7. The van der Waals surface area contributed by atoms with Crippen molar-refractivity contribution in [3.63, 3.8) is 0 Å². The molecule has 2 aromatic carbocycles. The summed E-state index contributed by atoms with van der Waals surface area (Å²) in [6.07, 6.45) is 0. The number of rotatable bonds is 4. The minimum Gasteiger partial charge on any atom is -0.496 e. The molecule has 20 heavy (non-hydrogen) atoms. The Morgan fingerprint density at radius 1 is 1.20 bits per heavy atom. The average molecular weight is 342 g/mol. The molecule has 0 radical (unpaired) electrons. The second-order valence-corrected chi connectivity index (χ2v) is 5.22. The topological polar surface area (TPSA) is 21.3 Å². The van der Waals surface area contributed by atoms with Gasteiger partial charge in [0.05, 0.1) is 17.3 Å². The van der Waals surface area contributed by atoms with Gasteiger partial charge in [-0.3, -0.25) is 0 Å². The fourth-order valence-corrected chi connectivity index (χ4v) is 2.44. The van der Waals surface area contributed by atoms with Crippen LogP contribution < -0.4 is 10.1 Å². The molecular weight excluding hydrogens is 328 g/mol. The number of methoxy groups -OCH3 is 1. The summed E-state index contributed by atoms with van der Waals surface area (Å²) >= 11 is 3.40. The van der Waals surface area contributed by atoms with E-state index in [-0.39, 0.29) is 11.7 Å². The van der Waals surface area contributed by atoms with E-state index < -0.39 is 11.6 Å². The number of halogens is 3. The molecule has 0 spiro atoms. The van der Waals surface area contributed by atoms with Crippen molar-refractivity contribution in [3.8, 4) is 5.75 Å². The van der Waals surface area contributed by atoms with Crippen molar-refractivity contribution in [1.82, 2.24) is 0 Å². The van der Waals surface area contributed by atoms with Crippen molar-refractivity contribution >= 4 is 21.6 Å². The van der Waals surface area contributed by atoms with E-state index in [4.69, 9.17) is 4.74 Å². The van der Waals surface area contributed by atoms with Crippen LogP contribution in [-0.4, -0.2) is 7.11 Å². The molecule has 106 valence electrons. The molecule has 2 aromatic rings. The highest BCUT2D eigenvalue weighted by atomic mass is 79.9. The van der Waals surface area contributed by atoms with Gasteiger partial charge in [-0.05, 0) is 52.7 Å². The number of nitrogens with one attached hydrogen (secondary N) is 1. The first kappa shape index (κ1) is 14.8. The van der Waals surface area contributed by atoms with Crippen LogP contribution in [0.25, 0.3) is 0 Å². The van der Waals surface area contributed by atoms with Crippen LogP contribution in [0.3, 0.4) is 0 Å². The zero-order valence-electron chi connectivity index (χ0n) is 11.1. The van der Waals surface area contributed by atoms with Gasteiger partial charge in [-0.25, -0.2) is 8.78 Å². The standard InChI is InChI=1S/C15H14BrF2NO/c1-9(10-6-7-14(20-2)11(16)8-10)19-13-5-3-4-12(17)15(13)18/h3-9,19H,1-2H3. The molecular formula is C15H14BrF2NO. The fraction of sp³-hybridized carbons (Fsp3) is 0.200. The molecule has 0 fully saturated rings. The molecule has 0 bridgehead atoms. The normalized spacial score (nSPS) is 12.1. The van der Waals surface area contributed by atoms with E-state index in [1.54, 1.807) is 7.11 Å². The zero-order valence-corrected chi connectivity index (χ0v) is 12.7. The van der Waals surface area contributed by atoms with Gasteiger partial charge in [0.25, 0.3) is 0 Å². The second-order valence-electron chi connectivity index (χ2n) is 4.36. The molecule has 1 N–H and O–H groups in total. The monoisotopic (exact) mass is 341 g/mol. The molecule has 2 rings (SSSR count). The summed E-state index contributed by atoms with van der Waals surface area (Å²) in [5.74, 6) is -1.01. The third-order valence-corrected chi connectivity index (χ3v) is 3.62. The lowest BCUT2D eigenvalue weighted by molar-refractivity contribution is 0.412. The Morgan fingerprint density at radius 2 is 1.95 bits per heavy atom. The third-order valence-electron chi connectivity index (χ3n) is 3.00. The Bertz CT molecular complexity index is 619. The molecule has 0 aromatic heterocycles. The molecule has 0 aliphatic heterocycles. The highest BCUT2D eigenvalue weighted by Crippen LogP contribution is 2.30. The molecule has 1 atom stereocenters. The Balaban J connectivity index is 2.21. The molecule has 2 nitrogen and oxygen atoms in total. The molecule has 0 aliphatic carbocycles. The quantitative estimate of drug-likeness (QED) is 0.853. The molecule has 0 amide bonds. The van der Waals surface area contributed by atoms with Crippen molar-refractivity contribution in [2.75, 3.05) is 12.4 Å². The van der Waals surface area contributed by atoms with Crippen molar-refractivity contribution in [3.05, 3.63) is 58.1 Å². The molecule has 5 heteroatoms. The van der Waals surface area contributed by atoms with Gasteiger partial charge in [0.15, 0.2) is 11.6 Å².